The van der Waals surface area contributed by atoms with Crippen molar-refractivity contribution >= 4 is 28.7 Å². The number of carbonyl (C=O) groups is 1. The second-order valence-electron chi connectivity index (χ2n) is 7.20. The Kier molecular flexibility index (Phi) is 5.08. The first kappa shape index (κ1) is 19.0. The molecule has 1 saturated carbocycles. The minimum absolute atomic E-state index is 0.255. The van der Waals surface area contributed by atoms with Crippen LogP contribution in [0.25, 0.3) is 11.0 Å². The molecular formula is C22H21N3O4S. The number of furan rings is 2. The van der Waals surface area contributed by atoms with E-state index in [-0.39, 0.29) is 5.76 Å². The Morgan fingerprint density at radius 2 is 2.10 bits per heavy atom. The molecule has 154 valence electrons. The van der Waals surface area contributed by atoms with Gasteiger partial charge in [0.1, 0.15) is 17.2 Å². The molecular weight excluding hydrogens is 402 g/mol. The van der Waals surface area contributed by atoms with Crippen molar-refractivity contribution in [3.05, 3.63) is 65.6 Å². The molecule has 30 heavy (non-hydrogen) atoms. The fourth-order valence-corrected chi connectivity index (χ4v) is 4.47. The number of fused-ring (bicyclic) bond motifs is 1. The van der Waals surface area contributed by atoms with Gasteiger partial charge < -0.3 is 13.6 Å². The molecule has 0 N–H and O–H groups in total. The minimum Gasteiger partial charge on any atom is -0.467 e. The molecule has 1 aliphatic rings. The Hall–Kier alpha value is -3.00. The van der Waals surface area contributed by atoms with Crippen LogP contribution in [0.3, 0.4) is 0 Å². The van der Waals surface area contributed by atoms with Crippen LogP contribution in [0.1, 0.15) is 53.4 Å². The number of hydrogen-bond acceptors (Lipinski definition) is 7. The molecule has 1 aliphatic carbocycles. The molecule has 0 aliphatic heterocycles. The van der Waals surface area contributed by atoms with E-state index in [0.717, 1.165) is 40.5 Å². The number of benzene rings is 1. The topological polar surface area (TPSA) is 83.3 Å². The minimum atomic E-state index is -0.444. The number of thioether (sulfide) groups is 1. The van der Waals surface area contributed by atoms with Crippen LogP contribution >= 0.6 is 11.8 Å². The monoisotopic (exact) mass is 423 g/mol. The lowest BCUT2D eigenvalue weighted by atomic mass is 10.1. The highest BCUT2D eigenvalue weighted by atomic mass is 32.2. The quantitative estimate of drug-likeness (QED) is 0.291. The number of ether oxygens (including phenoxy) is 1. The van der Waals surface area contributed by atoms with Gasteiger partial charge in [0, 0.05) is 22.6 Å². The van der Waals surface area contributed by atoms with Gasteiger partial charge in [-0.15, -0.1) is 10.2 Å². The molecule has 3 aromatic heterocycles. The van der Waals surface area contributed by atoms with E-state index in [1.54, 1.807) is 13.2 Å². The lowest BCUT2D eigenvalue weighted by Crippen LogP contribution is -2.07. The molecule has 3 heterocycles. The molecule has 0 bridgehead atoms. The van der Waals surface area contributed by atoms with Crippen LogP contribution < -0.4 is 0 Å². The average molecular weight is 423 g/mol. The van der Waals surface area contributed by atoms with Crippen LogP contribution in [0.15, 0.2) is 56.7 Å². The van der Waals surface area contributed by atoms with Gasteiger partial charge in [-0.25, -0.2) is 4.79 Å². The highest BCUT2D eigenvalue weighted by Gasteiger charge is 2.31. The Labute approximate surface area is 177 Å². The lowest BCUT2D eigenvalue weighted by Gasteiger charge is -2.08. The molecule has 5 rings (SSSR count). The van der Waals surface area contributed by atoms with Gasteiger partial charge in [0.15, 0.2) is 5.16 Å². The maximum atomic E-state index is 12.5. The summed E-state index contributed by atoms with van der Waals surface area (Å²) in [5.74, 6) is 2.65. The summed E-state index contributed by atoms with van der Waals surface area (Å²) in [5.41, 5.74) is 1.49. The van der Waals surface area contributed by atoms with Crippen molar-refractivity contribution in [1.82, 2.24) is 14.8 Å². The third kappa shape index (κ3) is 3.63. The molecule has 0 radical (unpaired) electrons. The van der Waals surface area contributed by atoms with Crippen molar-refractivity contribution in [3.8, 4) is 0 Å². The van der Waals surface area contributed by atoms with Crippen LogP contribution in [-0.2, 0) is 17.0 Å². The Balaban J connectivity index is 1.46. The lowest BCUT2D eigenvalue weighted by molar-refractivity contribution is 0.0491. The number of para-hydroxylation sites is 1. The van der Waals surface area contributed by atoms with Gasteiger partial charge in [0.05, 0.1) is 19.4 Å². The molecule has 0 spiro atoms. The second-order valence-corrected chi connectivity index (χ2v) is 8.14. The van der Waals surface area contributed by atoms with Crippen LogP contribution in [0, 0.1) is 0 Å². The van der Waals surface area contributed by atoms with Crippen molar-refractivity contribution in [2.45, 2.75) is 43.1 Å². The normalized spacial score (nSPS) is 13.8. The summed E-state index contributed by atoms with van der Waals surface area (Å²) < 4.78 is 18.7. The fourth-order valence-electron chi connectivity index (χ4n) is 3.50. The highest BCUT2D eigenvalue weighted by molar-refractivity contribution is 7.98. The van der Waals surface area contributed by atoms with Crippen molar-refractivity contribution in [3.63, 3.8) is 0 Å². The molecule has 7 nitrogen and oxygen atoms in total. The Morgan fingerprint density at radius 1 is 1.23 bits per heavy atom. The maximum Gasteiger partial charge on any atom is 0.374 e. The first-order chi connectivity index (χ1) is 14.7. The Bertz CT molecular complexity index is 1170. The summed E-state index contributed by atoms with van der Waals surface area (Å²) in [6.07, 6.45) is 3.95. The van der Waals surface area contributed by atoms with E-state index < -0.39 is 5.97 Å². The van der Waals surface area contributed by atoms with Crippen molar-refractivity contribution in [2.24, 2.45) is 0 Å². The van der Waals surface area contributed by atoms with E-state index in [9.17, 15) is 4.79 Å². The first-order valence-electron chi connectivity index (χ1n) is 10.0. The molecule has 0 amide bonds. The first-order valence-corrected chi connectivity index (χ1v) is 11.0. The van der Waals surface area contributed by atoms with Crippen molar-refractivity contribution in [1.29, 1.82) is 0 Å². The summed E-state index contributed by atoms with van der Waals surface area (Å²) in [5, 5.41) is 10.6. The van der Waals surface area contributed by atoms with Gasteiger partial charge in [-0.3, -0.25) is 4.57 Å². The van der Waals surface area contributed by atoms with Crippen LogP contribution in [0.2, 0.25) is 0 Å². The molecule has 8 heteroatoms. The van der Waals surface area contributed by atoms with E-state index in [1.807, 2.05) is 36.4 Å². The number of rotatable bonds is 8. The van der Waals surface area contributed by atoms with Gasteiger partial charge >= 0.3 is 5.97 Å². The molecule has 0 saturated heterocycles. The number of esters is 1. The average Bonchev–Trinajstić information content (AvgIpc) is 3.16. The van der Waals surface area contributed by atoms with E-state index in [2.05, 4.69) is 14.8 Å². The summed E-state index contributed by atoms with van der Waals surface area (Å²) in [6.45, 7) is 2.67. The summed E-state index contributed by atoms with van der Waals surface area (Å²) in [7, 11) is 0. The second kappa shape index (κ2) is 8.02. The smallest absolute Gasteiger partial charge is 0.374 e. The zero-order valence-corrected chi connectivity index (χ0v) is 17.4. The number of carbonyl (C=O) groups excluding carboxylic acids is 1. The van der Waals surface area contributed by atoms with Crippen LogP contribution in [-0.4, -0.2) is 27.3 Å². The predicted octanol–water partition coefficient (Wildman–Crippen LogP) is 5.01. The SMILES string of the molecule is CCOC(=O)c1oc2ccccc2c1CSc1nnc(C2CC2)n1Cc1ccco1. The van der Waals surface area contributed by atoms with Crippen molar-refractivity contribution in [2.75, 3.05) is 6.61 Å². The van der Waals surface area contributed by atoms with Crippen molar-refractivity contribution < 1.29 is 18.4 Å². The van der Waals surface area contributed by atoms with Gasteiger partial charge in [0.25, 0.3) is 0 Å². The Morgan fingerprint density at radius 3 is 2.87 bits per heavy atom. The summed E-state index contributed by atoms with van der Waals surface area (Å²) in [6, 6.07) is 11.5. The standard InChI is InChI=1S/C22H21N3O4S/c1-2-27-21(26)19-17(16-7-3-4-8-18(16)29-19)13-30-22-24-23-20(14-9-10-14)25(22)12-15-6-5-11-28-15/h3-8,11,14H,2,9-10,12-13H2,1H3. The van der Waals surface area contributed by atoms with Gasteiger partial charge in [-0.1, -0.05) is 30.0 Å². The number of nitrogens with zero attached hydrogens (tertiary/aromatic N) is 3. The third-order valence-electron chi connectivity index (χ3n) is 5.09. The zero-order valence-electron chi connectivity index (χ0n) is 16.5. The number of hydrogen-bond donors (Lipinski definition) is 0. The molecule has 0 unspecified atom stereocenters. The molecule has 1 aromatic carbocycles. The van der Waals surface area contributed by atoms with E-state index in [0.29, 0.717) is 30.4 Å². The molecule has 4 aromatic rings. The fraction of sp³-hybridized carbons (Fsp3) is 0.318. The highest BCUT2D eigenvalue weighted by Crippen LogP contribution is 2.41. The van der Waals surface area contributed by atoms with Crippen LogP contribution in [0.5, 0.6) is 0 Å². The van der Waals surface area contributed by atoms with Gasteiger partial charge in [-0.05, 0) is 38.0 Å². The summed E-state index contributed by atoms with van der Waals surface area (Å²) in [4.78, 5) is 12.5. The van der Waals surface area contributed by atoms with Gasteiger partial charge in [-0.2, -0.15) is 0 Å². The largest absolute Gasteiger partial charge is 0.467 e. The van der Waals surface area contributed by atoms with E-state index in [4.69, 9.17) is 13.6 Å². The van der Waals surface area contributed by atoms with Gasteiger partial charge in [0.2, 0.25) is 5.76 Å². The number of aromatic nitrogens is 3. The van der Waals surface area contributed by atoms with E-state index in [1.165, 1.54) is 11.8 Å². The molecule has 1 fully saturated rings. The van der Waals surface area contributed by atoms with E-state index >= 15 is 0 Å². The third-order valence-corrected chi connectivity index (χ3v) is 6.08. The van der Waals surface area contributed by atoms with Crippen LogP contribution in [0.4, 0.5) is 0 Å². The molecule has 0 atom stereocenters. The predicted molar refractivity (Wildman–Crippen MR) is 112 cm³/mol. The maximum absolute atomic E-state index is 12.5. The summed E-state index contributed by atoms with van der Waals surface area (Å²) >= 11 is 1.54. The zero-order chi connectivity index (χ0) is 20.5.